The molecule has 1 heterocycles. The molecule has 0 aromatic heterocycles. The van der Waals surface area contributed by atoms with Crippen molar-refractivity contribution in [2.75, 3.05) is 0 Å². The molecule has 1 nitrogen and oxygen atoms in total. The lowest BCUT2D eigenvalue weighted by Crippen LogP contribution is -2.00. The fourth-order valence-electron chi connectivity index (χ4n) is 2.91. The third-order valence-corrected chi connectivity index (χ3v) is 6.18. The van der Waals surface area contributed by atoms with E-state index in [1.54, 1.807) is 11.6 Å². The van der Waals surface area contributed by atoms with Crippen LogP contribution in [0.4, 0.5) is 0 Å². The van der Waals surface area contributed by atoms with E-state index in [9.17, 15) is 4.57 Å². The summed E-state index contributed by atoms with van der Waals surface area (Å²) >= 11 is 0. The van der Waals surface area contributed by atoms with Gasteiger partial charge in [-0.1, -0.05) is 60.0 Å². The Kier molecular flexibility index (Phi) is 2.13. The largest absolute Gasteiger partial charge is 0.313 e. The highest BCUT2D eigenvalue weighted by atomic mass is 31.2. The molecule has 0 amide bonds. The Morgan fingerprint density at radius 2 is 1.74 bits per heavy atom. The van der Waals surface area contributed by atoms with Crippen molar-refractivity contribution in [1.82, 2.24) is 0 Å². The number of rotatable bonds is 1. The van der Waals surface area contributed by atoms with Gasteiger partial charge >= 0.3 is 0 Å². The molecule has 0 N–H and O–H groups in total. The highest BCUT2D eigenvalue weighted by molar-refractivity contribution is 7.70. The van der Waals surface area contributed by atoms with Crippen molar-refractivity contribution < 1.29 is 4.57 Å². The molecule has 0 radical (unpaired) electrons. The van der Waals surface area contributed by atoms with Gasteiger partial charge in [0.15, 0.2) is 7.14 Å². The van der Waals surface area contributed by atoms with E-state index >= 15 is 0 Å². The van der Waals surface area contributed by atoms with Gasteiger partial charge in [-0.05, 0) is 21.9 Å². The maximum Gasteiger partial charge on any atom is 0.156 e. The van der Waals surface area contributed by atoms with E-state index in [0.717, 1.165) is 5.56 Å². The molecule has 90 valence electrons. The van der Waals surface area contributed by atoms with Crippen LogP contribution in [0.5, 0.6) is 0 Å². The van der Waals surface area contributed by atoms with Gasteiger partial charge in [0.2, 0.25) is 0 Å². The van der Waals surface area contributed by atoms with Crippen LogP contribution in [0.2, 0.25) is 0 Å². The lowest BCUT2D eigenvalue weighted by molar-refractivity contribution is 0.583. The van der Waals surface area contributed by atoms with Gasteiger partial charge in [-0.2, -0.15) is 0 Å². The van der Waals surface area contributed by atoms with Gasteiger partial charge in [0, 0.05) is 11.6 Å². The van der Waals surface area contributed by atoms with Crippen molar-refractivity contribution in [3.63, 3.8) is 0 Å². The summed E-state index contributed by atoms with van der Waals surface area (Å²) in [6, 6.07) is 12.5. The van der Waals surface area contributed by atoms with E-state index < -0.39 is 7.14 Å². The Labute approximate surface area is 111 Å². The van der Waals surface area contributed by atoms with Crippen LogP contribution in [0.3, 0.4) is 0 Å². The maximum absolute atomic E-state index is 12.9. The smallest absolute Gasteiger partial charge is 0.156 e. The summed E-state index contributed by atoms with van der Waals surface area (Å²) in [4.78, 5) is 0. The van der Waals surface area contributed by atoms with Crippen LogP contribution >= 0.6 is 7.14 Å². The van der Waals surface area contributed by atoms with Crippen LogP contribution in [0.1, 0.15) is 16.8 Å². The van der Waals surface area contributed by atoms with Gasteiger partial charge in [-0.3, -0.25) is 0 Å². The van der Waals surface area contributed by atoms with Crippen molar-refractivity contribution in [2.24, 2.45) is 0 Å². The van der Waals surface area contributed by atoms with Gasteiger partial charge < -0.3 is 4.57 Å². The molecule has 0 fully saturated rings. The van der Waals surface area contributed by atoms with Crippen LogP contribution in [0, 0.1) is 0 Å². The fraction of sp³-hybridized carbons (Fsp3) is 0.0588. The molecule has 0 bridgehead atoms. The predicted octanol–water partition coefficient (Wildman–Crippen LogP) is 5.07. The van der Waals surface area contributed by atoms with Crippen molar-refractivity contribution in [3.8, 4) is 0 Å². The second-order valence-corrected chi connectivity index (χ2v) is 7.51. The Balaban J connectivity index is 2.04. The zero-order valence-electron chi connectivity index (χ0n) is 10.2. The van der Waals surface area contributed by atoms with Crippen LogP contribution in [-0.4, -0.2) is 0 Å². The second kappa shape index (κ2) is 3.73. The zero-order chi connectivity index (χ0) is 12.9. The van der Waals surface area contributed by atoms with Gasteiger partial charge in [-0.15, -0.1) is 0 Å². The molecule has 1 atom stereocenters. The van der Waals surface area contributed by atoms with Crippen molar-refractivity contribution in [1.29, 1.82) is 0 Å². The standard InChI is InChI=1S/C17H11OP/c18-19(11-1-2-12-19)16-10-9-14-6-3-5-13-7-4-8-15(16)17(13)14/h3-12,16H. The van der Waals surface area contributed by atoms with Crippen LogP contribution in [-0.2, 0) is 4.57 Å². The molecule has 2 heteroatoms. The molecule has 4 rings (SSSR count). The summed E-state index contributed by atoms with van der Waals surface area (Å²) in [5, 5.41) is 2.43. The fourth-order valence-corrected chi connectivity index (χ4v) is 4.86. The molecule has 19 heavy (non-hydrogen) atoms. The first kappa shape index (κ1) is 10.9. The Hall–Kier alpha value is -2.03. The van der Waals surface area contributed by atoms with Gasteiger partial charge in [0.1, 0.15) is 0 Å². The number of allylic oxidation sites excluding steroid dienone is 1. The third kappa shape index (κ3) is 1.47. The minimum Gasteiger partial charge on any atom is -0.313 e. The highest BCUT2D eigenvalue weighted by Gasteiger charge is 2.32. The molecular formula is C17H11OP. The lowest BCUT2D eigenvalue weighted by Gasteiger charge is -2.24. The molecule has 2 aliphatic rings. The molecule has 0 saturated carbocycles. The van der Waals surface area contributed by atoms with Crippen molar-refractivity contribution in [2.45, 2.75) is 5.66 Å². The molecule has 1 aliphatic heterocycles. The van der Waals surface area contributed by atoms with E-state index in [0.29, 0.717) is 0 Å². The first-order chi connectivity index (χ1) is 9.28. The van der Waals surface area contributed by atoms with E-state index in [4.69, 9.17) is 0 Å². The molecule has 0 saturated heterocycles. The molecule has 2 aromatic carbocycles. The molecule has 0 spiro atoms. The molecule has 1 aliphatic carbocycles. The van der Waals surface area contributed by atoms with E-state index in [2.05, 4.69) is 53.9 Å². The van der Waals surface area contributed by atoms with Gasteiger partial charge in [-0.25, -0.2) is 0 Å². The number of hydrogen-bond acceptors (Lipinski definition) is 1. The Morgan fingerprint density at radius 3 is 2.53 bits per heavy atom. The quantitative estimate of drug-likeness (QED) is 0.518. The molecular weight excluding hydrogens is 251 g/mol. The minimum atomic E-state index is -2.52. The first-order valence-electron chi connectivity index (χ1n) is 6.27. The third-order valence-electron chi connectivity index (χ3n) is 3.80. The van der Waals surface area contributed by atoms with Gasteiger partial charge in [0.05, 0.1) is 5.66 Å². The van der Waals surface area contributed by atoms with Crippen LogP contribution in [0.25, 0.3) is 16.8 Å². The average molecular weight is 262 g/mol. The minimum absolute atomic E-state index is 0.0754. The Morgan fingerprint density at radius 1 is 1.00 bits per heavy atom. The molecule has 2 aromatic rings. The van der Waals surface area contributed by atoms with Gasteiger partial charge in [0.25, 0.3) is 0 Å². The maximum atomic E-state index is 12.9. The number of benzene rings is 2. The average Bonchev–Trinajstić information content (AvgIpc) is 2.88. The summed E-state index contributed by atoms with van der Waals surface area (Å²) in [5.41, 5.74) is 7.96. The predicted molar refractivity (Wildman–Crippen MR) is 79.5 cm³/mol. The topological polar surface area (TPSA) is 17.1 Å². The monoisotopic (exact) mass is 262 g/mol. The Bertz CT molecular complexity index is 850. The lowest BCUT2D eigenvalue weighted by atomic mass is 9.93. The SMILES string of the molecule is O=P1(C2C=Cc3cccc4cccc2c34)C=C=C=C1. The van der Waals surface area contributed by atoms with E-state index in [1.165, 1.54) is 16.3 Å². The van der Waals surface area contributed by atoms with Crippen molar-refractivity contribution >= 4 is 24.0 Å². The van der Waals surface area contributed by atoms with Crippen LogP contribution in [0.15, 0.2) is 65.6 Å². The summed E-state index contributed by atoms with van der Waals surface area (Å²) in [7, 11) is -2.52. The molecule has 1 unspecified atom stereocenters. The van der Waals surface area contributed by atoms with Crippen LogP contribution < -0.4 is 0 Å². The number of hydrogen-bond donors (Lipinski definition) is 0. The van der Waals surface area contributed by atoms with Crippen molar-refractivity contribution in [3.05, 3.63) is 76.7 Å². The summed E-state index contributed by atoms with van der Waals surface area (Å²) in [5.74, 6) is 3.38. The summed E-state index contributed by atoms with van der Waals surface area (Å²) in [6.45, 7) is 0. The second-order valence-electron chi connectivity index (χ2n) is 4.91. The highest BCUT2D eigenvalue weighted by Crippen LogP contribution is 2.65. The zero-order valence-corrected chi connectivity index (χ0v) is 11.1. The normalized spacial score (nSPS) is 21.4. The summed E-state index contributed by atoms with van der Waals surface area (Å²) < 4.78 is 12.9. The van der Waals surface area contributed by atoms with E-state index in [1.807, 2.05) is 6.07 Å². The first-order valence-corrected chi connectivity index (χ1v) is 8.18. The summed E-state index contributed by atoms with van der Waals surface area (Å²) in [6.07, 6.45) is 4.14. The van der Waals surface area contributed by atoms with E-state index in [-0.39, 0.29) is 5.66 Å².